The smallest absolute Gasteiger partial charge is 0.211 e. The van der Waals surface area contributed by atoms with Crippen molar-refractivity contribution in [3.63, 3.8) is 0 Å². The van der Waals surface area contributed by atoms with Crippen molar-refractivity contribution in [1.82, 2.24) is 9.71 Å². The first-order valence-corrected chi connectivity index (χ1v) is 7.85. The first kappa shape index (κ1) is 16.0. The molecule has 108 valence electrons. The molecule has 1 aromatic heterocycles. The van der Waals surface area contributed by atoms with Crippen LogP contribution in [-0.2, 0) is 21.2 Å². The zero-order chi connectivity index (χ0) is 14.0. The van der Waals surface area contributed by atoms with Crippen LogP contribution in [0.1, 0.15) is 12.1 Å². The highest BCUT2D eigenvalue weighted by atomic mass is 32.2. The second kappa shape index (κ2) is 8.98. The van der Waals surface area contributed by atoms with Crippen LogP contribution in [-0.4, -0.2) is 50.6 Å². The molecule has 2 N–H and O–H groups in total. The highest BCUT2D eigenvalue weighted by Gasteiger charge is 2.09. The number of aliphatic hydroxyl groups is 1. The molecule has 0 unspecified atom stereocenters. The number of aryl methyl sites for hydroxylation is 1. The third-order valence-electron chi connectivity index (χ3n) is 2.38. The number of ether oxygens (including phenoxy) is 1. The molecule has 0 bridgehead atoms. The van der Waals surface area contributed by atoms with Gasteiger partial charge in [-0.05, 0) is 18.6 Å². The van der Waals surface area contributed by atoms with Gasteiger partial charge in [-0.1, -0.05) is 6.07 Å². The van der Waals surface area contributed by atoms with Gasteiger partial charge in [-0.25, -0.2) is 13.1 Å². The Morgan fingerprint density at radius 3 is 2.84 bits per heavy atom. The average Bonchev–Trinajstić information content (AvgIpc) is 2.42. The van der Waals surface area contributed by atoms with Crippen molar-refractivity contribution in [2.24, 2.45) is 0 Å². The molecule has 0 aliphatic rings. The van der Waals surface area contributed by atoms with Gasteiger partial charge in [-0.3, -0.25) is 4.98 Å². The Labute approximate surface area is 113 Å². The van der Waals surface area contributed by atoms with Crippen LogP contribution in [0.2, 0.25) is 0 Å². The number of hydrogen-bond acceptors (Lipinski definition) is 5. The van der Waals surface area contributed by atoms with Gasteiger partial charge >= 0.3 is 0 Å². The van der Waals surface area contributed by atoms with E-state index in [0.29, 0.717) is 26.0 Å². The summed E-state index contributed by atoms with van der Waals surface area (Å²) < 4.78 is 30.9. The SMILES string of the molecule is O=S(=O)(CCc1ccccn1)NCCCOCCO. The molecule has 0 aliphatic heterocycles. The van der Waals surface area contributed by atoms with Crippen LogP contribution in [0.15, 0.2) is 24.4 Å². The number of nitrogens with zero attached hydrogens (tertiary/aromatic N) is 1. The van der Waals surface area contributed by atoms with Gasteiger partial charge in [-0.15, -0.1) is 0 Å². The zero-order valence-electron chi connectivity index (χ0n) is 10.8. The summed E-state index contributed by atoms with van der Waals surface area (Å²) in [6.07, 6.45) is 2.63. The molecule has 0 saturated carbocycles. The molecule has 0 saturated heterocycles. The number of aromatic nitrogens is 1. The summed E-state index contributed by atoms with van der Waals surface area (Å²) in [5, 5.41) is 8.49. The van der Waals surface area contributed by atoms with Crippen molar-refractivity contribution in [2.45, 2.75) is 12.8 Å². The van der Waals surface area contributed by atoms with E-state index >= 15 is 0 Å². The molecule has 6 nitrogen and oxygen atoms in total. The highest BCUT2D eigenvalue weighted by molar-refractivity contribution is 7.89. The van der Waals surface area contributed by atoms with Crippen LogP contribution < -0.4 is 4.72 Å². The minimum absolute atomic E-state index is 0.0181. The van der Waals surface area contributed by atoms with E-state index in [0.717, 1.165) is 5.69 Å². The first-order chi connectivity index (χ1) is 9.14. The topological polar surface area (TPSA) is 88.5 Å². The van der Waals surface area contributed by atoms with E-state index in [9.17, 15) is 8.42 Å². The first-order valence-electron chi connectivity index (χ1n) is 6.20. The Morgan fingerprint density at radius 2 is 2.16 bits per heavy atom. The predicted molar refractivity (Wildman–Crippen MR) is 72.3 cm³/mol. The van der Waals surface area contributed by atoms with Crippen LogP contribution >= 0.6 is 0 Å². The molecule has 0 radical (unpaired) electrons. The summed E-state index contributed by atoms with van der Waals surface area (Å²) >= 11 is 0. The molecule has 0 atom stereocenters. The van der Waals surface area contributed by atoms with Gasteiger partial charge in [0.15, 0.2) is 0 Å². The van der Waals surface area contributed by atoms with Crippen LogP contribution in [0.5, 0.6) is 0 Å². The Morgan fingerprint density at radius 1 is 1.32 bits per heavy atom. The summed E-state index contributed by atoms with van der Waals surface area (Å²) in [6, 6.07) is 5.43. The van der Waals surface area contributed by atoms with Crippen LogP contribution in [0.3, 0.4) is 0 Å². The van der Waals surface area contributed by atoms with Crippen molar-refractivity contribution in [3.8, 4) is 0 Å². The molecule has 1 heterocycles. The minimum Gasteiger partial charge on any atom is -0.394 e. The van der Waals surface area contributed by atoms with Crippen LogP contribution in [0.4, 0.5) is 0 Å². The van der Waals surface area contributed by atoms with Gasteiger partial charge in [-0.2, -0.15) is 0 Å². The van der Waals surface area contributed by atoms with Gasteiger partial charge in [0.1, 0.15) is 0 Å². The number of sulfonamides is 1. The van der Waals surface area contributed by atoms with E-state index in [1.54, 1.807) is 18.3 Å². The number of aliphatic hydroxyl groups excluding tert-OH is 1. The molecule has 19 heavy (non-hydrogen) atoms. The minimum atomic E-state index is -3.27. The fourth-order valence-electron chi connectivity index (χ4n) is 1.43. The fourth-order valence-corrected chi connectivity index (χ4v) is 2.50. The fraction of sp³-hybridized carbons (Fsp3) is 0.583. The normalized spacial score (nSPS) is 11.6. The average molecular weight is 288 g/mol. The number of hydrogen-bond donors (Lipinski definition) is 2. The number of rotatable bonds is 10. The van der Waals surface area contributed by atoms with Crippen molar-refractivity contribution >= 4 is 10.0 Å². The molecule has 0 aromatic carbocycles. The summed E-state index contributed by atoms with van der Waals surface area (Å²) in [5.41, 5.74) is 0.763. The molecule has 1 rings (SSSR count). The van der Waals surface area contributed by atoms with E-state index in [-0.39, 0.29) is 19.0 Å². The molecule has 1 aromatic rings. The second-order valence-corrected chi connectivity index (χ2v) is 5.90. The second-order valence-electron chi connectivity index (χ2n) is 3.97. The lowest BCUT2D eigenvalue weighted by Crippen LogP contribution is -2.29. The van der Waals surface area contributed by atoms with Gasteiger partial charge in [0, 0.05) is 31.5 Å². The third kappa shape index (κ3) is 7.89. The van der Waals surface area contributed by atoms with Crippen molar-refractivity contribution in [3.05, 3.63) is 30.1 Å². The quantitative estimate of drug-likeness (QED) is 0.589. The van der Waals surface area contributed by atoms with E-state index < -0.39 is 10.0 Å². The largest absolute Gasteiger partial charge is 0.394 e. The van der Waals surface area contributed by atoms with Crippen LogP contribution in [0.25, 0.3) is 0 Å². The lowest BCUT2D eigenvalue weighted by Gasteiger charge is -2.06. The lowest BCUT2D eigenvalue weighted by molar-refractivity contribution is 0.0913. The maximum atomic E-state index is 11.7. The van der Waals surface area contributed by atoms with E-state index in [1.807, 2.05) is 6.07 Å². The van der Waals surface area contributed by atoms with Gasteiger partial charge in [0.05, 0.1) is 19.0 Å². The maximum absolute atomic E-state index is 11.7. The van der Waals surface area contributed by atoms with Gasteiger partial charge in [0.25, 0.3) is 0 Å². The molecule has 0 aliphatic carbocycles. The van der Waals surface area contributed by atoms with Crippen LogP contribution in [0, 0.1) is 0 Å². The molecule has 0 fully saturated rings. The number of nitrogens with one attached hydrogen (secondary N) is 1. The monoisotopic (exact) mass is 288 g/mol. The summed E-state index contributed by atoms with van der Waals surface area (Å²) in [5.74, 6) is 0.0293. The number of pyridine rings is 1. The van der Waals surface area contributed by atoms with E-state index in [1.165, 1.54) is 0 Å². The van der Waals surface area contributed by atoms with Crippen molar-refractivity contribution in [2.75, 3.05) is 32.1 Å². The summed E-state index contributed by atoms with van der Waals surface area (Å²) in [6.45, 7) is 1.04. The van der Waals surface area contributed by atoms with Crippen molar-refractivity contribution < 1.29 is 18.3 Å². The van der Waals surface area contributed by atoms with E-state index in [2.05, 4.69) is 9.71 Å². The predicted octanol–water partition coefficient (Wildman–Crippen LogP) is -0.0575. The standard InChI is InChI=1S/C12H20N2O4S/c15-8-10-18-9-3-7-14-19(16,17)11-5-12-4-1-2-6-13-12/h1-2,4,6,14-15H,3,5,7-11H2. The summed E-state index contributed by atoms with van der Waals surface area (Å²) in [7, 11) is -3.27. The maximum Gasteiger partial charge on any atom is 0.211 e. The van der Waals surface area contributed by atoms with E-state index in [4.69, 9.17) is 9.84 Å². The summed E-state index contributed by atoms with van der Waals surface area (Å²) in [4.78, 5) is 4.08. The van der Waals surface area contributed by atoms with Gasteiger partial charge < -0.3 is 9.84 Å². The van der Waals surface area contributed by atoms with Crippen molar-refractivity contribution in [1.29, 1.82) is 0 Å². The Balaban J connectivity index is 2.17. The lowest BCUT2D eigenvalue weighted by atomic mass is 10.3. The molecular weight excluding hydrogens is 268 g/mol. The molecule has 0 amide bonds. The third-order valence-corrected chi connectivity index (χ3v) is 3.76. The molecular formula is C12H20N2O4S. The Hall–Kier alpha value is -1.02. The molecule has 0 spiro atoms. The zero-order valence-corrected chi connectivity index (χ0v) is 11.6. The molecule has 7 heteroatoms. The highest BCUT2D eigenvalue weighted by Crippen LogP contribution is 1.97. The Kier molecular flexibility index (Phi) is 7.57. The van der Waals surface area contributed by atoms with Gasteiger partial charge in [0.2, 0.25) is 10.0 Å². The Bertz CT molecular complexity index is 436.